The Morgan fingerprint density at radius 1 is 0.914 bits per heavy atom. The van der Waals surface area contributed by atoms with Crippen molar-refractivity contribution >= 4 is 56.3 Å². The third kappa shape index (κ3) is 6.89. The van der Waals surface area contributed by atoms with E-state index in [1.807, 2.05) is 25.1 Å². The third-order valence-electron chi connectivity index (χ3n) is 5.83. The van der Waals surface area contributed by atoms with Gasteiger partial charge in [-0.3, -0.25) is 4.90 Å². The van der Waals surface area contributed by atoms with Gasteiger partial charge in [-0.2, -0.15) is 0 Å². The molecule has 1 saturated heterocycles. The van der Waals surface area contributed by atoms with E-state index in [1.54, 1.807) is 12.1 Å². The Kier molecular flexibility index (Phi) is 9.31. The highest BCUT2D eigenvalue weighted by atomic mass is 79.9. The van der Waals surface area contributed by atoms with Crippen LogP contribution in [0.1, 0.15) is 23.6 Å². The van der Waals surface area contributed by atoms with Crippen molar-refractivity contribution in [1.82, 2.24) is 9.80 Å². The molecule has 1 aliphatic rings. The van der Waals surface area contributed by atoms with Gasteiger partial charge in [-0.25, -0.2) is 0 Å². The summed E-state index contributed by atoms with van der Waals surface area (Å²) in [7, 11) is 0. The molecule has 1 fully saturated rings. The standard InChI is InChI=1S/C27H27BrCl2N2O2S/c1-2-33-25-16-21(15-22(28)26(25)34-18-20-8-9-23(29)24(30)14-20)27(35)32-12-10-31(11-13-32)17-19-6-4-3-5-7-19/h3-9,14-16H,2,10-13,17-18H2,1H3. The highest BCUT2D eigenvalue weighted by Crippen LogP contribution is 2.38. The average Bonchev–Trinajstić information content (AvgIpc) is 2.86. The Labute approximate surface area is 230 Å². The molecular weight excluding hydrogens is 567 g/mol. The van der Waals surface area contributed by atoms with Gasteiger partial charge in [-0.15, -0.1) is 0 Å². The van der Waals surface area contributed by atoms with Crippen LogP contribution >= 0.6 is 51.3 Å². The first-order valence-electron chi connectivity index (χ1n) is 11.5. The zero-order valence-electron chi connectivity index (χ0n) is 19.5. The Morgan fingerprint density at radius 3 is 2.34 bits per heavy atom. The number of rotatable bonds is 8. The molecule has 0 spiro atoms. The molecule has 0 radical (unpaired) electrons. The summed E-state index contributed by atoms with van der Waals surface area (Å²) in [5.41, 5.74) is 3.20. The summed E-state index contributed by atoms with van der Waals surface area (Å²) in [6.07, 6.45) is 0. The van der Waals surface area contributed by atoms with Crippen LogP contribution in [0.4, 0.5) is 0 Å². The second-order valence-corrected chi connectivity index (χ2v) is 10.4. The van der Waals surface area contributed by atoms with Crippen molar-refractivity contribution < 1.29 is 9.47 Å². The number of hydrogen-bond donors (Lipinski definition) is 0. The van der Waals surface area contributed by atoms with E-state index in [4.69, 9.17) is 44.9 Å². The van der Waals surface area contributed by atoms with Crippen molar-refractivity contribution in [1.29, 1.82) is 0 Å². The second kappa shape index (κ2) is 12.4. The smallest absolute Gasteiger partial charge is 0.175 e. The lowest BCUT2D eigenvalue weighted by Gasteiger charge is -2.36. The highest BCUT2D eigenvalue weighted by molar-refractivity contribution is 9.10. The molecule has 0 amide bonds. The lowest BCUT2D eigenvalue weighted by molar-refractivity contribution is 0.177. The fraction of sp³-hybridized carbons (Fsp3) is 0.296. The molecule has 0 bridgehead atoms. The lowest BCUT2D eigenvalue weighted by atomic mass is 10.1. The number of ether oxygens (including phenoxy) is 2. The van der Waals surface area contributed by atoms with Crippen LogP contribution in [0.15, 0.2) is 65.1 Å². The van der Waals surface area contributed by atoms with Gasteiger partial charge >= 0.3 is 0 Å². The normalized spacial score (nSPS) is 14.1. The Morgan fingerprint density at radius 2 is 1.66 bits per heavy atom. The molecular formula is C27H27BrCl2N2O2S. The van der Waals surface area contributed by atoms with Crippen molar-refractivity contribution in [3.05, 3.63) is 91.9 Å². The van der Waals surface area contributed by atoms with Crippen LogP contribution in [0.5, 0.6) is 11.5 Å². The summed E-state index contributed by atoms with van der Waals surface area (Å²) in [5.74, 6) is 1.29. The van der Waals surface area contributed by atoms with Gasteiger partial charge in [-0.1, -0.05) is 71.8 Å². The average molecular weight is 594 g/mol. The van der Waals surface area contributed by atoms with E-state index in [9.17, 15) is 0 Å². The molecule has 0 unspecified atom stereocenters. The number of thiocarbonyl (C=S) groups is 1. The van der Waals surface area contributed by atoms with Crippen LogP contribution in [-0.2, 0) is 13.2 Å². The Hall–Kier alpha value is -1.83. The zero-order chi connectivity index (χ0) is 24.8. The first-order chi connectivity index (χ1) is 16.9. The quantitative estimate of drug-likeness (QED) is 0.257. The summed E-state index contributed by atoms with van der Waals surface area (Å²) in [4.78, 5) is 5.56. The number of hydrogen-bond acceptors (Lipinski definition) is 4. The summed E-state index contributed by atoms with van der Waals surface area (Å²) >= 11 is 21.7. The third-order valence-corrected chi connectivity index (χ3v) is 7.65. The fourth-order valence-corrected chi connectivity index (χ4v) is 5.19. The summed E-state index contributed by atoms with van der Waals surface area (Å²) in [6.45, 7) is 7.50. The molecule has 4 nitrogen and oxygen atoms in total. The van der Waals surface area contributed by atoms with Crippen LogP contribution in [0.3, 0.4) is 0 Å². The van der Waals surface area contributed by atoms with Crippen LogP contribution in [0.2, 0.25) is 10.0 Å². The van der Waals surface area contributed by atoms with Crippen molar-refractivity contribution in [2.45, 2.75) is 20.1 Å². The van der Waals surface area contributed by atoms with Gasteiger partial charge in [0.15, 0.2) is 11.5 Å². The van der Waals surface area contributed by atoms with E-state index in [1.165, 1.54) is 5.56 Å². The van der Waals surface area contributed by atoms with Gasteiger partial charge in [0.25, 0.3) is 0 Å². The summed E-state index contributed by atoms with van der Waals surface area (Å²) in [5, 5.41) is 1.02. The maximum absolute atomic E-state index is 6.14. The molecule has 0 aromatic heterocycles. The van der Waals surface area contributed by atoms with E-state index in [0.717, 1.165) is 53.3 Å². The predicted octanol–water partition coefficient (Wildman–Crippen LogP) is 7.23. The molecule has 3 aromatic carbocycles. The Bertz CT molecular complexity index is 1170. The van der Waals surface area contributed by atoms with E-state index < -0.39 is 0 Å². The van der Waals surface area contributed by atoms with Gasteiger partial charge < -0.3 is 14.4 Å². The minimum atomic E-state index is 0.336. The molecule has 1 aliphatic heterocycles. The highest BCUT2D eigenvalue weighted by Gasteiger charge is 2.22. The van der Waals surface area contributed by atoms with Gasteiger partial charge in [-0.05, 0) is 58.2 Å². The number of nitrogens with zero attached hydrogens (tertiary/aromatic N) is 2. The predicted molar refractivity (Wildman–Crippen MR) is 151 cm³/mol. The van der Waals surface area contributed by atoms with E-state index in [-0.39, 0.29) is 0 Å². The first-order valence-corrected chi connectivity index (χ1v) is 13.5. The van der Waals surface area contributed by atoms with E-state index >= 15 is 0 Å². The SMILES string of the molecule is CCOc1cc(C(=S)N2CCN(Cc3ccccc3)CC2)cc(Br)c1OCc1ccc(Cl)c(Cl)c1. The van der Waals surface area contributed by atoms with Gasteiger partial charge in [0.1, 0.15) is 11.6 Å². The molecule has 4 rings (SSSR count). The molecule has 8 heteroatoms. The van der Waals surface area contributed by atoms with Crippen molar-refractivity contribution in [3.63, 3.8) is 0 Å². The maximum atomic E-state index is 6.14. The van der Waals surface area contributed by atoms with Crippen LogP contribution in [0.25, 0.3) is 0 Å². The maximum Gasteiger partial charge on any atom is 0.175 e. The molecule has 0 aliphatic carbocycles. The minimum absolute atomic E-state index is 0.336. The topological polar surface area (TPSA) is 24.9 Å². The van der Waals surface area contributed by atoms with E-state index in [0.29, 0.717) is 34.8 Å². The Balaban J connectivity index is 1.43. The molecule has 184 valence electrons. The van der Waals surface area contributed by atoms with Crippen LogP contribution < -0.4 is 9.47 Å². The fourth-order valence-electron chi connectivity index (χ4n) is 4.01. The monoisotopic (exact) mass is 592 g/mol. The number of piperazine rings is 1. The molecule has 0 atom stereocenters. The number of halogens is 3. The number of benzene rings is 3. The zero-order valence-corrected chi connectivity index (χ0v) is 23.4. The molecule has 1 heterocycles. The summed E-state index contributed by atoms with van der Waals surface area (Å²) in [6, 6.07) is 20.0. The van der Waals surface area contributed by atoms with Crippen LogP contribution in [-0.4, -0.2) is 47.6 Å². The molecule has 0 saturated carbocycles. The second-order valence-electron chi connectivity index (χ2n) is 8.31. The van der Waals surface area contributed by atoms with Crippen molar-refractivity contribution in [2.24, 2.45) is 0 Å². The van der Waals surface area contributed by atoms with Gasteiger partial charge in [0.05, 0.1) is 21.1 Å². The minimum Gasteiger partial charge on any atom is -0.490 e. The van der Waals surface area contributed by atoms with E-state index in [2.05, 4.69) is 56.1 Å². The van der Waals surface area contributed by atoms with Crippen molar-refractivity contribution in [2.75, 3.05) is 32.8 Å². The lowest BCUT2D eigenvalue weighted by Crippen LogP contribution is -2.48. The molecule has 3 aromatic rings. The van der Waals surface area contributed by atoms with Crippen molar-refractivity contribution in [3.8, 4) is 11.5 Å². The molecule has 0 N–H and O–H groups in total. The first kappa shape index (κ1) is 26.2. The van der Waals surface area contributed by atoms with Crippen LogP contribution in [0, 0.1) is 0 Å². The van der Waals surface area contributed by atoms with Gasteiger partial charge in [0.2, 0.25) is 0 Å². The summed E-state index contributed by atoms with van der Waals surface area (Å²) < 4.78 is 12.8. The largest absolute Gasteiger partial charge is 0.490 e. The van der Waals surface area contributed by atoms with Gasteiger partial charge in [0, 0.05) is 38.3 Å². The molecule has 35 heavy (non-hydrogen) atoms.